The predicted octanol–water partition coefficient (Wildman–Crippen LogP) is 4.08. The summed E-state index contributed by atoms with van der Waals surface area (Å²) in [4.78, 5) is 11.1. The molecule has 0 aliphatic heterocycles. The van der Waals surface area contributed by atoms with Crippen molar-refractivity contribution in [2.75, 3.05) is 0 Å². The zero-order chi connectivity index (χ0) is 12.3. The molecule has 1 N–H and O–H groups in total. The summed E-state index contributed by atoms with van der Waals surface area (Å²) in [6, 6.07) is 1.62. The maximum absolute atomic E-state index is 11.1. The van der Waals surface area contributed by atoms with Crippen LogP contribution in [0, 0.1) is 13.8 Å². The highest BCUT2D eigenvalue weighted by Gasteiger charge is 2.14. The van der Waals surface area contributed by atoms with Gasteiger partial charge in [-0.2, -0.15) is 0 Å². The Hall–Kier alpha value is -1.28. The van der Waals surface area contributed by atoms with Crippen molar-refractivity contribution in [3.63, 3.8) is 0 Å². The second-order valence-electron chi connectivity index (χ2n) is 3.71. The van der Waals surface area contributed by atoms with E-state index in [-0.39, 0.29) is 0 Å². The highest BCUT2D eigenvalue weighted by atomic mass is 35.5. The van der Waals surface area contributed by atoms with Gasteiger partial charge in [0.05, 0.1) is 5.56 Å². The van der Waals surface area contributed by atoms with Crippen LogP contribution in [0.25, 0.3) is 6.08 Å². The fourth-order valence-electron chi connectivity index (χ4n) is 1.60. The monoisotopic (exact) mass is 238 g/mol. The molecule has 0 fully saturated rings. The maximum Gasteiger partial charge on any atom is 0.336 e. The summed E-state index contributed by atoms with van der Waals surface area (Å²) >= 11 is 6.11. The van der Waals surface area contributed by atoms with E-state index in [1.807, 2.05) is 32.9 Å². The minimum atomic E-state index is -0.918. The van der Waals surface area contributed by atoms with Crippen molar-refractivity contribution in [3.05, 3.63) is 39.4 Å². The van der Waals surface area contributed by atoms with Crippen LogP contribution < -0.4 is 0 Å². The maximum atomic E-state index is 11.1. The topological polar surface area (TPSA) is 37.3 Å². The van der Waals surface area contributed by atoms with E-state index in [0.717, 1.165) is 17.5 Å². The van der Waals surface area contributed by atoms with Crippen LogP contribution in [0.15, 0.2) is 12.1 Å². The fraction of sp³-hybridized carbons (Fsp3) is 0.308. The number of aromatic carboxylic acids is 1. The highest BCUT2D eigenvalue weighted by molar-refractivity contribution is 6.32. The van der Waals surface area contributed by atoms with Gasteiger partial charge in [0, 0.05) is 5.02 Å². The number of allylic oxidation sites excluding steroid dienone is 1. The van der Waals surface area contributed by atoms with Crippen molar-refractivity contribution in [2.24, 2.45) is 0 Å². The molecule has 3 heteroatoms. The number of carbonyl (C=O) groups is 1. The van der Waals surface area contributed by atoms with Crippen LogP contribution in [-0.2, 0) is 0 Å². The van der Waals surface area contributed by atoms with Gasteiger partial charge in [-0.05, 0) is 43.0 Å². The molecule has 0 bridgehead atoms. The molecule has 0 amide bonds. The Balaban J connectivity index is 3.47. The van der Waals surface area contributed by atoms with Gasteiger partial charge in [-0.1, -0.05) is 30.7 Å². The third-order valence-electron chi connectivity index (χ3n) is 2.48. The normalized spacial score (nSPS) is 11.0. The Morgan fingerprint density at radius 2 is 2.12 bits per heavy atom. The van der Waals surface area contributed by atoms with Crippen molar-refractivity contribution in [3.8, 4) is 0 Å². The molecule has 0 atom stereocenters. The number of aryl methyl sites for hydroxylation is 1. The van der Waals surface area contributed by atoms with E-state index in [1.54, 1.807) is 6.07 Å². The highest BCUT2D eigenvalue weighted by Crippen LogP contribution is 2.28. The van der Waals surface area contributed by atoms with E-state index in [0.29, 0.717) is 16.1 Å². The first kappa shape index (κ1) is 12.8. The van der Waals surface area contributed by atoms with Gasteiger partial charge in [-0.3, -0.25) is 0 Å². The predicted molar refractivity (Wildman–Crippen MR) is 67.2 cm³/mol. The van der Waals surface area contributed by atoms with Gasteiger partial charge in [0.15, 0.2) is 0 Å². The molecule has 0 spiro atoms. The van der Waals surface area contributed by atoms with Crippen molar-refractivity contribution >= 4 is 23.6 Å². The molecule has 1 aromatic carbocycles. The molecule has 0 heterocycles. The molecule has 16 heavy (non-hydrogen) atoms. The minimum absolute atomic E-state index is 0.309. The van der Waals surface area contributed by atoms with Crippen LogP contribution >= 0.6 is 11.6 Å². The molecule has 0 unspecified atom stereocenters. The number of hydrogen-bond donors (Lipinski definition) is 1. The zero-order valence-corrected chi connectivity index (χ0v) is 10.4. The van der Waals surface area contributed by atoms with Crippen LogP contribution in [-0.4, -0.2) is 11.1 Å². The number of rotatable bonds is 3. The molecular weight excluding hydrogens is 224 g/mol. The Morgan fingerprint density at radius 1 is 1.50 bits per heavy atom. The smallest absolute Gasteiger partial charge is 0.336 e. The van der Waals surface area contributed by atoms with Gasteiger partial charge in [-0.15, -0.1) is 0 Å². The molecule has 2 nitrogen and oxygen atoms in total. The third kappa shape index (κ3) is 2.45. The summed E-state index contributed by atoms with van der Waals surface area (Å²) in [5, 5.41) is 9.77. The van der Waals surface area contributed by atoms with E-state index in [1.165, 1.54) is 0 Å². The zero-order valence-electron chi connectivity index (χ0n) is 9.67. The van der Waals surface area contributed by atoms with E-state index in [2.05, 4.69) is 0 Å². The van der Waals surface area contributed by atoms with Crippen LogP contribution in [0.2, 0.25) is 5.02 Å². The van der Waals surface area contributed by atoms with Gasteiger partial charge in [0.1, 0.15) is 0 Å². The average Bonchev–Trinajstić information content (AvgIpc) is 2.24. The third-order valence-corrected chi connectivity index (χ3v) is 3.06. The molecule has 0 saturated carbocycles. The lowest BCUT2D eigenvalue weighted by molar-refractivity contribution is 0.0696. The summed E-state index contributed by atoms with van der Waals surface area (Å²) in [6.07, 6.45) is 4.62. The number of hydrogen-bond acceptors (Lipinski definition) is 1. The van der Waals surface area contributed by atoms with Crippen molar-refractivity contribution in [1.29, 1.82) is 0 Å². The first-order valence-electron chi connectivity index (χ1n) is 5.18. The van der Waals surface area contributed by atoms with E-state index in [9.17, 15) is 4.79 Å². The van der Waals surface area contributed by atoms with E-state index < -0.39 is 5.97 Å². The standard InChI is InChI=1S/C13H15ClO2/c1-4-5-6-10-9(3)12(14)8(2)7-11(10)13(15)16/h5-7H,4H2,1-3H3,(H,15,16)/b6-5+. The molecule has 0 aliphatic rings. The van der Waals surface area contributed by atoms with Gasteiger partial charge in [0.2, 0.25) is 0 Å². The first-order valence-corrected chi connectivity index (χ1v) is 5.56. The van der Waals surface area contributed by atoms with E-state index in [4.69, 9.17) is 16.7 Å². The van der Waals surface area contributed by atoms with Gasteiger partial charge in [0.25, 0.3) is 0 Å². The van der Waals surface area contributed by atoms with Gasteiger partial charge in [-0.25, -0.2) is 4.79 Å². The van der Waals surface area contributed by atoms with Crippen LogP contribution in [0.5, 0.6) is 0 Å². The van der Waals surface area contributed by atoms with Crippen LogP contribution in [0.1, 0.15) is 40.4 Å². The number of carboxylic acid groups (broad SMARTS) is 1. The Morgan fingerprint density at radius 3 is 2.62 bits per heavy atom. The SMILES string of the molecule is CC/C=C/c1c(C(=O)O)cc(C)c(Cl)c1C. The molecule has 1 aromatic rings. The molecule has 0 aromatic heterocycles. The van der Waals surface area contributed by atoms with Crippen LogP contribution in [0.3, 0.4) is 0 Å². The molecule has 86 valence electrons. The molecule has 0 radical (unpaired) electrons. The quantitative estimate of drug-likeness (QED) is 0.862. The summed E-state index contributed by atoms with van der Waals surface area (Å²) in [5.41, 5.74) is 2.63. The van der Waals surface area contributed by atoms with Crippen LogP contribution in [0.4, 0.5) is 0 Å². The second kappa shape index (κ2) is 5.17. The Labute approximate surface area is 101 Å². The lowest BCUT2D eigenvalue weighted by Crippen LogP contribution is -2.03. The number of carboxylic acids is 1. The Bertz CT molecular complexity index is 448. The lowest BCUT2D eigenvalue weighted by atomic mass is 9.98. The minimum Gasteiger partial charge on any atom is -0.478 e. The average molecular weight is 239 g/mol. The van der Waals surface area contributed by atoms with Crippen molar-refractivity contribution < 1.29 is 9.90 Å². The molecule has 1 rings (SSSR count). The number of halogens is 1. The van der Waals surface area contributed by atoms with Crippen molar-refractivity contribution in [2.45, 2.75) is 27.2 Å². The summed E-state index contributed by atoms with van der Waals surface area (Å²) in [6.45, 7) is 5.66. The molecular formula is C13H15ClO2. The van der Waals surface area contributed by atoms with Gasteiger partial charge < -0.3 is 5.11 Å². The molecule has 0 aliphatic carbocycles. The van der Waals surface area contributed by atoms with E-state index >= 15 is 0 Å². The second-order valence-corrected chi connectivity index (χ2v) is 4.09. The lowest BCUT2D eigenvalue weighted by Gasteiger charge is -2.10. The number of benzene rings is 1. The summed E-state index contributed by atoms with van der Waals surface area (Å²) < 4.78 is 0. The summed E-state index contributed by atoms with van der Waals surface area (Å²) in [5.74, 6) is -0.918. The van der Waals surface area contributed by atoms with Crippen molar-refractivity contribution in [1.82, 2.24) is 0 Å². The van der Waals surface area contributed by atoms with Gasteiger partial charge >= 0.3 is 5.97 Å². The summed E-state index contributed by atoms with van der Waals surface area (Å²) in [7, 11) is 0. The Kier molecular flexibility index (Phi) is 4.13. The molecule has 0 saturated heterocycles. The fourth-order valence-corrected chi connectivity index (χ4v) is 1.76. The largest absolute Gasteiger partial charge is 0.478 e. The first-order chi connectivity index (χ1) is 7.49.